The summed E-state index contributed by atoms with van der Waals surface area (Å²) in [5.41, 5.74) is 3.78. The molecule has 2 unspecified atom stereocenters. The number of hydrazine groups is 1. The topological polar surface area (TPSA) is 38.0 Å². The standard InChI is InChI=1S/C15H14F2N2S/c16-10-5-3-6-11(17)14(10)15(19-18)13-8-9-4-1-2-7-12(9)20-13/h1-7,13,15,19H,8,18H2. The minimum atomic E-state index is -0.565. The van der Waals surface area contributed by atoms with Gasteiger partial charge in [0.05, 0.1) is 6.04 Å². The van der Waals surface area contributed by atoms with E-state index in [0.717, 1.165) is 11.3 Å². The zero-order valence-corrected chi connectivity index (χ0v) is 11.5. The highest BCUT2D eigenvalue weighted by Gasteiger charge is 2.32. The second-order valence-corrected chi connectivity index (χ2v) is 6.03. The number of halogens is 2. The third kappa shape index (κ3) is 2.32. The number of fused-ring (bicyclic) bond motifs is 1. The largest absolute Gasteiger partial charge is 0.271 e. The van der Waals surface area contributed by atoms with Gasteiger partial charge in [0.25, 0.3) is 0 Å². The monoisotopic (exact) mass is 292 g/mol. The molecular weight excluding hydrogens is 278 g/mol. The molecule has 0 aromatic heterocycles. The molecule has 2 atom stereocenters. The van der Waals surface area contributed by atoms with Crippen LogP contribution in [0, 0.1) is 11.6 Å². The van der Waals surface area contributed by atoms with Crippen molar-refractivity contribution in [2.24, 2.45) is 5.84 Å². The molecule has 104 valence electrons. The summed E-state index contributed by atoms with van der Waals surface area (Å²) < 4.78 is 27.8. The number of nitrogens with one attached hydrogen (secondary N) is 1. The average molecular weight is 292 g/mol. The van der Waals surface area contributed by atoms with E-state index in [9.17, 15) is 8.78 Å². The molecule has 0 bridgehead atoms. The summed E-state index contributed by atoms with van der Waals surface area (Å²) in [6.07, 6.45) is 0.740. The van der Waals surface area contributed by atoms with Gasteiger partial charge in [-0.05, 0) is 30.2 Å². The highest BCUT2D eigenvalue weighted by molar-refractivity contribution is 8.00. The summed E-state index contributed by atoms with van der Waals surface area (Å²) in [5, 5.41) is -0.0243. The highest BCUT2D eigenvalue weighted by atomic mass is 32.2. The van der Waals surface area contributed by atoms with Gasteiger partial charge in [-0.15, -0.1) is 11.8 Å². The molecule has 2 aromatic carbocycles. The minimum absolute atomic E-state index is 0.0142. The second kappa shape index (κ2) is 5.52. The maximum Gasteiger partial charge on any atom is 0.131 e. The Morgan fingerprint density at radius 2 is 1.80 bits per heavy atom. The van der Waals surface area contributed by atoms with Gasteiger partial charge in [-0.2, -0.15) is 0 Å². The van der Waals surface area contributed by atoms with E-state index in [-0.39, 0.29) is 10.8 Å². The van der Waals surface area contributed by atoms with Crippen molar-refractivity contribution < 1.29 is 8.78 Å². The average Bonchev–Trinajstić information content (AvgIpc) is 2.86. The Morgan fingerprint density at radius 1 is 1.10 bits per heavy atom. The third-order valence-electron chi connectivity index (χ3n) is 3.53. The van der Waals surface area contributed by atoms with E-state index in [2.05, 4.69) is 5.43 Å². The van der Waals surface area contributed by atoms with Crippen LogP contribution in [0.25, 0.3) is 0 Å². The quantitative estimate of drug-likeness (QED) is 0.674. The van der Waals surface area contributed by atoms with Crippen LogP contribution in [0.3, 0.4) is 0 Å². The molecular formula is C15H14F2N2S. The summed E-state index contributed by atoms with van der Waals surface area (Å²) in [6.45, 7) is 0. The van der Waals surface area contributed by atoms with Crippen molar-refractivity contribution in [2.75, 3.05) is 0 Å². The lowest BCUT2D eigenvalue weighted by atomic mass is 9.98. The lowest BCUT2D eigenvalue weighted by Crippen LogP contribution is -2.36. The summed E-state index contributed by atoms with van der Waals surface area (Å²) in [6, 6.07) is 11.3. The van der Waals surface area contributed by atoms with Gasteiger partial charge in [-0.3, -0.25) is 11.3 Å². The summed E-state index contributed by atoms with van der Waals surface area (Å²) >= 11 is 1.61. The number of hydrogen-bond acceptors (Lipinski definition) is 3. The van der Waals surface area contributed by atoms with Crippen LogP contribution in [0.4, 0.5) is 8.78 Å². The molecule has 5 heteroatoms. The molecule has 1 heterocycles. The molecule has 0 saturated carbocycles. The van der Waals surface area contributed by atoms with Crippen LogP contribution in [0.2, 0.25) is 0 Å². The Labute approximate surface area is 120 Å². The van der Waals surface area contributed by atoms with Gasteiger partial charge in [-0.1, -0.05) is 24.3 Å². The van der Waals surface area contributed by atoms with Crippen LogP contribution in [-0.2, 0) is 6.42 Å². The van der Waals surface area contributed by atoms with Crippen molar-refractivity contribution in [1.29, 1.82) is 0 Å². The molecule has 1 aliphatic heterocycles. The van der Waals surface area contributed by atoms with Crippen LogP contribution in [0.15, 0.2) is 47.4 Å². The zero-order chi connectivity index (χ0) is 14.1. The molecule has 20 heavy (non-hydrogen) atoms. The molecule has 0 radical (unpaired) electrons. The van der Waals surface area contributed by atoms with Crippen LogP contribution in [0.5, 0.6) is 0 Å². The number of benzene rings is 2. The van der Waals surface area contributed by atoms with Crippen LogP contribution < -0.4 is 11.3 Å². The van der Waals surface area contributed by atoms with Gasteiger partial charge in [0.15, 0.2) is 0 Å². The van der Waals surface area contributed by atoms with Gasteiger partial charge >= 0.3 is 0 Å². The molecule has 3 rings (SSSR count). The molecule has 2 aromatic rings. The number of nitrogens with two attached hydrogens (primary N) is 1. The van der Waals surface area contributed by atoms with Crippen LogP contribution >= 0.6 is 11.8 Å². The summed E-state index contributed by atoms with van der Waals surface area (Å²) in [7, 11) is 0. The Bertz CT molecular complexity index is 588. The molecule has 0 saturated heterocycles. The highest BCUT2D eigenvalue weighted by Crippen LogP contribution is 2.43. The smallest absolute Gasteiger partial charge is 0.131 e. The maximum atomic E-state index is 13.9. The summed E-state index contributed by atoms with van der Waals surface area (Å²) in [5.74, 6) is 4.43. The first-order chi connectivity index (χ1) is 9.70. The molecule has 3 N–H and O–H groups in total. The SMILES string of the molecule is NNC(c1c(F)cccc1F)C1Cc2ccccc2S1. The molecule has 0 spiro atoms. The first-order valence-electron chi connectivity index (χ1n) is 6.35. The van der Waals surface area contributed by atoms with E-state index >= 15 is 0 Å². The minimum Gasteiger partial charge on any atom is -0.271 e. The Morgan fingerprint density at radius 3 is 2.45 bits per heavy atom. The first-order valence-corrected chi connectivity index (χ1v) is 7.23. The number of rotatable bonds is 3. The van der Waals surface area contributed by atoms with Gasteiger partial charge in [0.1, 0.15) is 11.6 Å². The third-order valence-corrected chi connectivity index (χ3v) is 4.93. The second-order valence-electron chi connectivity index (χ2n) is 4.75. The van der Waals surface area contributed by atoms with E-state index in [1.807, 2.05) is 24.3 Å². The zero-order valence-electron chi connectivity index (χ0n) is 10.6. The Balaban J connectivity index is 1.93. The van der Waals surface area contributed by atoms with Crippen molar-refractivity contribution in [3.05, 3.63) is 65.2 Å². The summed E-state index contributed by atoms with van der Waals surface area (Å²) in [4.78, 5) is 1.15. The van der Waals surface area contributed by atoms with Crippen molar-refractivity contribution >= 4 is 11.8 Å². The molecule has 2 nitrogen and oxygen atoms in total. The lowest BCUT2D eigenvalue weighted by molar-refractivity contribution is 0.464. The number of thioether (sulfide) groups is 1. The van der Waals surface area contributed by atoms with E-state index in [0.29, 0.717) is 0 Å². The van der Waals surface area contributed by atoms with Crippen molar-refractivity contribution in [2.45, 2.75) is 22.6 Å². The van der Waals surface area contributed by atoms with Gasteiger partial charge in [0.2, 0.25) is 0 Å². The molecule has 1 aliphatic rings. The van der Waals surface area contributed by atoms with Crippen LogP contribution in [-0.4, -0.2) is 5.25 Å². The fourth-order valence-electron chi connectivity index (χ4n) is 2.58. The van der Waals surface area contributed by atoms with E-state index in [4.69, 9.17) is 5.84 Å². The van der Waals surface area contributed by atoms with E-state index < -0.39 is 17.7 Å². The van der Waals surface area contributed by atoms with Crippen molar-refractivity contribution in [3.8, 4) is 0 Å². The maximum absolute atomic E-state index is 13.9. The first kappa shape index (κ1) is 13.5. The van der Waals surface area contributed by atoms with Gasteiger partial charge < -0.3 is 0 Å². The molecule has 0 amide bonds. The Hall–Kier alpha value is -1.43. The fourth-order valence-corrected chi connectivity index (χ4v) is 3.98. The predicted octanol–water partition coefficient (Wildman–Crippen LogP) is 3.19. The van der Waals surface area contributed by atoms with Gasteiger partial charge in [0, 0.05) is 15.7 Å². The lowest BCUT2D eigenvalue weighted by Gasteiger charge is -2.23. The van der Waals surface area contributed by atoms with E-state index in [1.54, 1.807) is 11.8 Å². The van der Waals surface area contributed by atoms with Crippen molar-refractivity contribution in [3.63, 3.8) is 0 Å². The van der Waals surface area contributed by atoms with Gasteiger partial charge in [-0.25, -0.2) is 8.78 Å². The van der Waals surface area contributed by atoms with Crippen molar-refractivity contribution in [1.82, 2.24) is 5.43 Å². The van der Waals surface area contributed by atoms with E-state index in [1.165, 1.54) is 23.8 Å². The number of hydrogen-bond donors (Lipinski definition) is 2. The van der Waals surface area contributed by atoms with Crippen LogP contribution in [0.1, 0.15) is 17.2 Å². The predicted molar refractivity (Wildman–Crippen MR) is 76.2 cm³/mol. The molecule has 0 aliphatic carbocycles. The Kier molecular flexibility index (Phi) is 3.74. The fraction of sp³-hybridized carbons (Fsp3) is 0.200. The molecule has 0 fully saturated rings. The normalized spacial score (nSPS) is 18.9.